The van der Waals surface area contributed by atoms with Crippen LogP contribution in [0.25, 0.3) is 0 Å². The molecule has 4 unspecified atom stereocenters. The molecule has 2 aliphatic carbocycles. The van der Waals surface area contributed by atoms with Gasteiger partial charge in [-0.15, -0.1) is 23.2 Å². The molecule has 3 rings (SSSR count). The van der Waals surface area contributed by atoms with Crippen molar-refractivity contribution in [3.63, 3.8) is 0 Å². The standard InChI is InChI=1S/C31H58Cl2N4O8S/c1-3-41-14-15-42-11-8-34-31(38)35-9-12-43-16-18-45-19-17-44-13-10-36-46(39,40)26-6-4-24(5-7-26)28-22-37(2)23-29-27(28)20-25(32)21-30(29)33/h24-30,36H,3-23H2,1-2H3,(H2,34,35,38)/t24?,25?,26?,27?,28-,29?,30?/m0/s1. The fourth-order valence-corrected chi connectivity index (χ4v) is 9.53. The average Bonchev–Trinajstić information content (AvgIpc) is 3.03. The number of carbonyl (C=O) groups excluding carboxylic acids is 1. The highest BCUT2D eigenvalue weighted by atomic mass is 35.5. The molecule has 3 N–H and O–H groups in total. The van der Waals surface area contributed by atoms with Gasteiger partial charge in [0.25, 0.3) is 0 Å². The molecule has 270 valence electrons. The number of hydrogen-bond donors (Lipinski definition) is 3. The van der Waals surface area contributed by atoms with Crippen LogP contribution in [-0.4, -0.2) is 141 Å². The second-order valence-electron chi connectivity index (χ2n) is 12.6. The summed E-state index contributed by atoms with van der Waals surface area (Å²) in [7, 11) is -1.21. The van der Waals surface area contributed by atoms with Gasteiger partial charge in [0, 0.05) is 50.1 Å². The summed E-state index contributed by atoms with van der Waals surface area (Å²) in [5.41, 5.74) is 0. The first-order valence-electron chi connectivity index (χ1n) is 17.1. The topological polar surface area (TPSA) is 137 Å². The maximum absolute atomic E-state index is 13.0. The molecule has 0 aromatic heterocycles. The number of likely N-dealkylation sites (tertiary alicyclic amines) is 1. The Hall–Kier alpha value is -0.480. The Bertz CT molecular complexity index is 948. The molecule has 2 saturated carbocycles. The van der Waals surface area contributed by atoms with Crippen molar-refractivity contribution in [1.29, 1.82) is 0 Å². The van der Waals surface area contributed by atoms with Gasteiger partial charge in [0.15, 0.2) is 0 Å². The monoisotopic (exact) mass is 716 g/mol. The SMILES string of the molecule is CCOCCOCCNC(=O)NCCOCCOCCOCCNS(=O)(=O)C1CCC([C@@H]2CN(C)CC3C(Cl)CC(Cl)CC32)CC1. The van der Waals surface area contributed by atoms with Crippen LogP contribution in [0, 0.1) is 23.7 Å². The van der Waals surface area contributed by atoms with Gasteiger partial charge >= 0.3 is 6.03 Å². The predicted octanol–water partition coefficient (Wildman–Crippen LogP) is 2.67. The van der Waals surface area contributed by atoms with E-state index in [1.807, 2.05) is 6.92 Å². The van der Waals surface area contributed by atoms with Crippen LogP contribution in [0.1, 0.15) is 45.4 Å². The van der Waals surface area contributed by atoms with Crippen LogP contribution >= 0.6 is 23.2 Å². The van der Waals surface area contributed by atoms with Gasteiger partial charge in [-0.25, -0.2) is 17.9 Å². The molecular weight excluding hydrogens is 659 g/mol. The molecule has 1 heterocycles. The van der Waals surface area contributed by atoms with Gasteiger partial charge < -0.3 is 39.2 Å². The molecule has 0 aromatic carbocycles. The second-order valence-corrected chi connectivity index (χ2v) is 15.8. The maximum atomic E-state index is 13.0. The smallest absolute Gasteiger partial charge is 0.314 e. The zero-order valence-corrected chi connectivity index (χ0v) is 30.1. The lowest BCUT2D eigenvalue weighted by atomic mass is 9.63. The van der Waals surface area contributed by atoms with Gasteiger partial charge in [-0.3, -0.25) is 0 Å². The summed E-state index contributed by atoms with van der Waals surface area (Å²) < 4.78 is 55.7. The highest BCUT2D eigenvalue weighted by molar-refractivity contribution is 7.90. The summed E-state index contributed by atoms with van der Waals surface area (Å²) in [6.45, 7) is 9.46. The Labute approximate surface area is 286 Å². The van der Waals surface area contributed by atoms with Gasteiger partial charge in [-0.1, -0.05) is 0 Å². The Morgan fingerprint density at radius 2 is 1.24 bits per heavy atom. The van der Waals surface area contributed by atoms with E-state index in [0.717, 1.165) is 38.8 Å². The number of carbonyl (C=O) groups is 1. The van der Waals surface area contributed by atoms with Crippen molar-refractivity contribution in [2.24, 2.45) is 23.7 Å². The van der Waals surface area contributed by atoms with Crippen molar-refractivity contribution in [3.8, 4) is 0 Å². The summed E-state index contributed by atoms with van der Waals surface area (Å²) in [4.78, 5) is 14.1. The number of piperidine rings is 1. The third-order valence-electron chi connectivity index (χ3n) is 9.32. The van der Waals surface area contributed by atoms with Crippen molar-refractivity contribution in [3.05, 3.63) is 0 Å². The number of ether oxygens (including phenoxy) is 5. The summed E-state index contributed by atoms with van der Waals surface area (Å²) >= 11 is 13.3. The molecule has 3 aliphatic rings. The number of halogens is 2. The zero-order valence-electron chi connectivity index (χ0n) is 27.8. The van der Waals surface area contributed by atoms with Crippen molar-refractivity contribution in [2.45, 2.75) is 61.5 Å². The average molecular weight is 718 g/mol. The van der Waals surface area contributed by atoms with Crippen LogP contribution in [0.4, 0.5) is 4.79 Å². The molecule has 15 heteroatoms. The van der Waals surface area contributed by atoms with E-state index in [9.17, 15) is 13.2 Å². The number of hydrogen-bond acceptors (Lipinski definition) is 9. The predicted molar refractivity (Wildman–Crippen MR) is 180 cm³/mol. The maximum Gasteiger partial charge on any atom is 0.314 e. The Balaban J connectivity index is 1.14. The molecule has 12 nitrogen and oxygen atoms in total. The van der Waals surface area contributed by atoms with Crippen LogP contribution < -0.4 is 15.4 Å². The van der Waals surface area contributed by atoms with Crippen molar-refractivity contribution in [2.75, 3.05) is 106 Å². The Morgan fingerprint density at radius 1 is 0.717 bits per heavy atom. The van der Waals surface area contributed by atoms with E-state index in [-0.39, 0.29) is 35.2 Å². The van der Waals surface area contributed by atoms with E-state index in [0.29, 0.717) is 109 Å². The van der Waals surface area contributed by atoms with E-state index in [2.05, 4.69) is 27.3 Å². The normalized spacial score (nSPS) is 28.9. The lowest BCUT2D eigenvalue weighted by Crippen LogP contribution is -2.53. The van der Waals surface area contributed by atoms with Gasteiger partial charge in [0.05, 0.1) is 64.7 Å². The molecule has 2 amide bonds. The molecule has 0 bridgehead atoms. The minimum Gasteiger partial charge on any atom is -0.379 e. The molecule has 0 aromatic rings. The van der Waals surface area contributed by atoms with Crippen LogP contribution in [-0.2, 0) is 33.7 Å². The first-order chi connectivity index (χ1) is 22.2. The van der Waals surface area contributed by atoms with E-state index in [1.165, 1.54) is 0 Å². The largest absolute Gasteiger partial charge is 0.379 e. The molecule has 0 spiro atoms. The van der Waals surface area contributed by atoms with E-state index in [1.54, 1.807) is 0 Å². The minimum absolute atomic E-state index is 0.128. The summed E-state index contributed by atoms with van der Waals surface area (Å²) in [6, 6.07) is -0.267. The highest BCUT2D eigenvalue weighted by Gasteiger charge is 2.47. The van der Waals surface area contributed by atoms with Crippen LogP contribution in [0.15, 0.2) is 0 Å². The van der Waals surface area contributed by atoms with Gasteiger partial charge in [0.2, 0.25) is 10.0 Å². The number of amides is 2. The van der Waals surface area contributed by atoms with Gasteiger partial charge in [0.1, 0.15) is 0 Å². The molecule has 1 aliphatic heterocycles. The van der Waals surface area contributed by atoms with Crippen LogP contribution in [0.5, 0.6) is 0 Å². The first kappa shape index (κ1) is 40.0. The molecule has 46 heavy (non-hydrogen) atoms. The highest BCUT2D eigenvalue weighted by Crippen LogP contribution is 2.48. The number of fused-ring (bicyclic) bond motifs is 1. The molecule has 0 radical (unpaired) electrons. The summed E-state index contributed by atoms with van der Waals surface area (Å²) in [5.74, 6) is 2.07. The molecular formula is C31H58Cl2N4O8S. The number of sulfonamides is 1. The van der Waals surface area contributed by atoms with Gasteiger partial charge in [-0.2, -0.15) is 0 Å². The summed E-state index contributed by atoms with van der Waals surface area (Å²) in [5, 5.41) is 5.34. The van der Waals surface area contributed by atoms with E-state index in [4.69, 9.17) is 46.9 Å². The fourth-order valence-electron chi connectivity index (χ4n) is 7.07. The number of urea groups is 1. The Morgan fingerprint density at radius 3 is 1.83 bits per heavy atom. The third kappa shape index (κ3) is 14.6. The minimum atomic E-state index is -3.39. The number of rotatable bonds is 22. The number of alkyl halides is 2. The summed E-state index contributed by atoms with van der Waals surface area (Å²) in [6.07, 6.45) is 5.16. The van der Waals surface area contributed by atoms with E-state index < -0.39 is 10.0 Å². The van der Waals surface area contributed by atoms with Crippen LogP contribution in [0.3, 0.4) is 0 Å². The molecule has 3 fully saturated rings. The van der Waals surface area contributed by atoms with Crippen LogP contribution in [0.2, 0.25) is 0 Å². The fraction of sp³-hybridized carbons (Fsp3) is 0.968. The molecule has 1 saturated heterocycles. The third-order valence-corrected chi connectivity index (χ3v) is 12.1. The number of nitrogens with zero attached hydrogens (tertiary/aromatic N) is 1. The van der Waals surface area contributed by atoms with Gasteiger partial charge in [-0.05, 0) is 76.2 Å². The lowest BCUT2D eigenvalue weighted by Gasteiger charge is -2.51. The second kappa shape index (κ2) is 22.3. The quantitative estimate of drug-likeness (QED) is 0.114. The lowest BCUT2D eigenvalue weighted by molar-refractivity contribution is 0.0108. The number of nitrogens with one attached hydrogen (secondary N) is 3. The first-order valence-corrected chi connectivity index (χ1v) is 19.5. The van der Waals surface area contributed by atoms with Crippen molar-refractivity contribution < 1.29 is 36.9 Å². The Kier molecular flexibility index (Phi) is 19.4. The van der Waals surface area contributed by atoms with Crippen molar-refractivity contribution in [1.82, 2.24) is 20.3 Å². The molecule has 5 atom stereocenters. The van der Waals surface area contributed by atoms with E-state index >= 15 is 0 Å². The van der Waals surface area contributed by atoms with Crippen molar-refractivity contribution >= 4 is 39.3 Å². The zero-order chi connectivity index (χ0) is 33.2.